The number of amides is 1. The second kappa shape index (κ2) is 5.96. The van der Waals surface area contributed by atoms with Crippen molar-refractivity contribution in [2.75, 3.05) is 26.2 Å². The van der Waals surface area contributed by atoms with E-state index in [9.17, 15) is 4.79 Å². The van der Waals surface area contributed by atoms with Gasteiger partial charge in [0.1, 0.15) is 0 Å². The molecule has 0 saturated carbocycles. The Balaban J connectivity index is 1.31. The molecular formula is C18H24N4O. The molecule has 0 aromatic carbocycles. The fourth-order valence-corrected chi connectivity index (χ4v) is 4.05. The Hall–Kier alpha value is -1.88. The quantitative estimate of drug-likeness (QED) is 0.944. The van der Waals surface area contributed by atoms with Crippen LogP contribution in [0.4, 0.5) is 0 Å². The number of pyridine rings is 1. The maximum atomic E-state index is 11.4. The average molecular weight is 312 g/mol. The van der Waals surface area contributed by atoms with E-state index in [-0.39, 0.29) is 5.91 Å². The summed E-state index contributed by atoms with van der Waals surface area (Å²) in [4.78, 5) is 23.9. The van der Waals surface area contributed by atoms with E-state index in [1.54, 1.807) is 6.92 Å². The number of nitrogens with one attached hydrogen (secondary N) is 1. The van der Waals surface area contributed by atoms with Crippen molar-refractivity contribution < 1.29 is 4.79 Å². The van der Waals surface area contributed by atoms with Gasteiger partial charge in [-0.1, -0.05) is 0 Å². The Morgan fingerprint density at radius 2 is 2.09 bits per heavy atom. The number of likely N-dealkylation sites (tertiary alicyclic amines) is 2. The Morgan fingerprint density at radius 3 is 2.83 bits per heavy atom. The van der Waals surface area contributed by atoms with Crippen molar-refractivity contribution in [1.29, 1.82) is 0 Å². The summed E-state index contributed by atoms with van der Waals surface area (Å²) in [6.07, 6.45) is 7.21. The predicted octanol–water partition coefficient (Wildman–Crippen LogP) is 2.05. The molecule has 2 saturated heterocycles. The highest BCUT2D eigenvalue weighted by Gasteiger charge is 2.34. The van der Waals surface area contributed by atoms with Crippen LogP contribution < -0.4 is 0 Å². The molecule has 0 atom stereocenters. The zero-order valence-electron chi connectivity index (χ0n) is 13.7. The van der Waals surface area contributed by atoms with E-state index < -0.39 is 0 Å². The minimum Gasteiger partial charge on any atom is -0.360 e. The van der Waals surface area contributed by atoms with Gasteiger partial charge in [-0.15, -0.1) is 0 Å². The molecule has 5 heteroatoms. The van der Waals surface area contributed by atoms with Gasteiger partial charge in [-0.2, -0.15) is 0 Å². The maximum Gasteiger partial charge on any atom is 0.219 e. The van der Waals surface area contributed by atoms with E-state index >= 15 is 0 Å². The van der Waals surface area contributed by atoms with Crippen LogP contribution in [0, 0.1) is 5.92 Å². The van der Waals surface area contributed by atoms with Crippen LogP contribution in [-0.4, -0.2) is 57.9 Å². The van der Waals surface area contributed by atoms with Crippen LogP contribution >= 0.6 is 0 Å². The van der Waals surface area contributed by atoms with Gasteiger partial charge in [-0.3, -0.25) is 14.7 Å². The molecule has 2 aliphatic rings. The summed E-state index contributed by atoms with van der Waals surface area (Å²) < 4.78 is 0. The molecule has 23 heavy (non-hydrogen) atoms. The van der Waals surface area contributed by atoms with Crippen molar-refractivity contribution in [3.05, 3.63) is 30.2 Å². The number of nitrogens with zero attached hydrogens (tertiary/aromatic N) is 3. The second-order valence-electron chi connectivity index (χ2n) is 6.96. The summed E-state index contributed by atoms with van der Waals surface area (Å²) in [6, 6.07) is 4.83. The molecule has 5 nitrogen and oxygen atoms in total. The molecule has 0 aliphatic carbocycles. The molecule has 4 heterocycles. The number of aromatic amines is 1. The molecular weight excluding hydrogens is 288 g/mol. The third kappa shape index (κ3) is 2.85. The topological polar surface area (TPSA) is 52.2 Å². The van der Waals surface area contributed by atoms with Gasteiger partial charge in [0, 0.05) is 56.9 Å². The summed E-state index contributed by atoms with van der Waals surface area (Å²) in [6.45, 7) is 5.86. The molecule has 0 unspecified atom stereocenters. The Morgan fingerprint density at radius 1 is 1.30 bits per heavy atom. The lowest BCUT2D eigenvalue weighted by Gasteiger charge is -2.47. The van der Waals surface area contributed by atoms with Gasteiger partial charge in [0.15, 0.2) is 0 Å². The van der Waals surface area contributed by atoms with Crippen LogP contribution in [-0.2, 0) is 11.2 Å². The smallest absolute Gasteiger partial charge is 0.219 e. The van der Waals surface area contributed by atoms with Gasteiger partial charge in [0.25, 0.3) is 0 Å². The van der Waals surface area contributed by atoms with Crippen LogP contribution in [0.3, 0.4) is 0 Å². The number of hydrogen-bond acceptors (Lipinski definition) is 3. The molecule has 1 N–H and O–H groups in total. The zero-order chi connectivity index (χ0) is 15.8. The van der Waals surface area contributed by atoms with Crippen LogP contribution in [0.2, 0.25) is 0 Å². The summed E-state index contributed by atoms with van der Waals surface area (Å²) in [5.74, 6) is 0.928. The Bertz CT molecular complexity index is 696. The molecule has 2 aliphatic heterocycles. The number of hydrogen-bond donors (Lipinski definition) is 1. The fraction of sp³-hybridized carbons (Fsp3) is 0.556. The first-order chi connectivity index (χ1) is 11.2. The Labute approximate surface area is 136 Å². The SMILES string of the molecule is CC(=O)N1CCC(N2CC(Cc3nccc4cc[nH]c34)C2)CC1. The maximum absolute atomic E-state index is 11.4. The summed E-state index contributed by atoms with van der Waals surface area (Å²) in [7, 11) is 0. The number of carbonyl (C=O) groups is 1. The first kappa shape index (κ1) is 14.7. The average Bonchev–Trinajstić information content (AvgIpc) is 3.00. The number of carbonyl (C=O) groups excluding carboxylic acids is 1. The van der Waals surface area contributed by atoms with E-state index in [2.05, 4.69) is 27.0 Å². The van der Waals surface area contributed by atoms with Crippen molar-refractivity contribution >= 4 is 16.8 Å². The van der Waals surface area contributed by atoms with Crippen molar-refractivity contribution in [3.8, 4) is 0 Å². The largest absolute Gasteiger partial charge is 0.360 e. The molecule has 4 rings (SSSR count). The number of fused-ring (bicyclic) bond motifs is 1. The van der Waals surface area contributed by atoms with E-state index in [1.165, 1.54) is 29.7 Å². The molecule has 122 valence electrons. The van der Waals surface area contributed by atoms with E-state index in [0.29, 0.717) is 12.0 Å². The zero-order valence-corrected chi connectivity index (χ0v) is 13.7. The highest BCUT2D eigenvalue weighted by molar-refractivity contribution is 5.81. The first-order valence-electron chi connectivity index (χ1n) is 8.61. The van der Waals surface area contributed by atoms with E-state index in [4.69, 9.17) is 0 Å². The summed E-state index contributed by atoms with van der Waals surface area (Å²) in [5, 5.41) is 1.25. The Kier molecular flexibility index (Phi) is 3.81. The van der Waals surface area contributed by atoms with Crippen molar-refractivity contribution in [2.24, 2.45) is 5.92 Å². The highest BCUT2D eigenvalue weighted by atomic mass is 16.2. The first-order valence-corrected chi connectivity index (χ1v) is 8.61. The third-order valence-electron chi connectivity index (χ3n) is 5.45. The van der Waals surface area contributed by atoms with Crippen molar-refractivity contribution in [3.63, 3.8) is 0 Å². The number of aromatic nitrogens is 2. The standard InChI is InChI=1S/C18H24N4O/c1-13(23)21-8-4-16(5-9-21)22-11-14(12-22)10-17-18-15(2-6-19-17)3-7-20-18/h2-3,6-7,14,16,20H,4-5,8-12H2,1H3. The molecule has 0 spiro atoms. The van der Waals surface area contributed by atoms with Gasteiger partial charge in [-0.25, -0.2) is 0 Å². The second-order valence-corrected chi connectivity index (χ2v) is 6.96. The molecule has 1 amide bonds. The lowest BCUT2D eigenvalue weighted by molar-refractivity contribution is -0.130. The van der Waals surface area contributed by atoms with E-state index in [1.807, 2.05) is 17.3 Å². The molecule has 2 fully saturated rings. The van der Waals surface area contributed by atoms with Crippen LogP contribution in [0.1, 0.15) is 25.5 Å². The van der Waals surface area contributed by atoms with Crippen LogP contribution in [0.5, 0.6) is 0 Å². The van der Waals surface area contributed by atoms with Crippen LogP contribution in [0.15, 0.2) is 24.5 Å². The predicted molar refractivity (Wildman–Crippen MR) is 90.1 cm³/mol. The van der Waals surface area contributed by atoms with Gasteiger partial charge in [0.2, 0.25) is 5.91 Å². The highest BCUT2D eigenvalue weighted by Crippen LogP contribution is 2.28. The normalized spacial score (nSPS) is 20.8. The van der Waals surface area contributed by atoms with Gasteiger partial charge in [-0.05, 0) is 37.3 Å². The summed E-state index contributed by atoms with van der Waals surface area (Å²) >= 11 is 0. The minimum absolute atomic E-state index is 0.218. The van der Waals surface area contributed by atoms with Crippen molar-refractivity contribution in [1.82, 2.24) is 19.8 Å². The summed E-state index contributed by atoms with van der Waals surface area (Å²) in [5.41, 5.74) is 2.39. The number of piperidine rings is 1. The van der Waals surface area contributed by atoms with E-state index in [0.717, 1.165) is 32.4 Å². The fourth-order valence-electron chi connectivity index (χ4n) is 4.05. The van der Waals surface area contributed by atoms with Gasteiger partial charge in [0.05, 0.1) is 11.2 Å². The van der Waals surface area contributed by atoms with Gasteiger partial charge < -0.3 is 9.88 Å². The van der Waals surface area contributed by atoms with Crippen LogP contribution in [0.25, 0.3) is 10.9 Å². The lowest BCUT2D eigenvalue weighted by Crippen LogP contribution is -2.56. The molecule has 0 bridgehead atoms. The molecule has 0 radical (unpaired) electrons. The number of H-pyrrole nitrogens is 1. The molecule has 2 aromatic rings. The molecule has 2 aromatic heterocycles. The lowest BCUT2D eigenvalue weighted by atomic mass is 9.89. The van der Waals surface area contributed by atoms with Crippen molar-refractivity contribution in [2.45, 2.75) is 32.2 Å². The number of rotatable bonds is 3. The third-order valence-corrected chi connectivity index (χ3v) is 5.45. The monoisotopic (exact) mass is 312 g/mol. The minimum atomic E-state index is 0.218. The van der Waals surface area contributed by atoms with Gasteiger partial charge >= 0.3 is 0 Å².